The van der Waals surface area contributed by atoms with Crippen LogP contribution in [0, 0.1) is 0 Å². The molecule has 14 heavy (non-hydrogen) atoms. The summed E-state index contributed by atoms with van der Waals surface area (Å²) in [6.07, 6.45) is 6.54. The molecule has 0 saturated heterocycles. The lowest BCUT2D eigenvalue weighted by molar-refractivity contribution is 0.295. The molecule has 0 fully saturated rings. The van der Waals surface area contributed by atoms with E-state index in [1.807, 2.05) is 0 Å². The molecule has 0 radical (unpaired) electrons. The Morgan fingerprint density at radius 1 is 1.00 bits per heavy atom. The van der Waals surface area contributed by atoms with Crippen molar-refractivity contribution in [3.63, 3.8) is 0 Å². The van der Waals surface area contributed by atoms with Gasteiger partial charge >= 0.3 is 0 Å². The lowest BCUT2D eigenvalue weighted by Crippen LogP contribution is -2.09. The van der Waals surface area contributed by atoms with Crippen LogP contribution in [0.4, 0.5) is 5.69 Å². The van der Waals surface area contributed by atoms with Crippen molar-refractivity contribution in [2.45, 2.75) is 0 Å². The van der Waals surface area contributed by atoms with E-state index in [1.54, 1.807) is 18.2 Å². The minimum Gasteiger partial charge on any atom is -0.504 e. The molecule has 4 nitrogen and oxygen atoms in total. The number of phenols is 2. The van der Waals surface area contributed by atoms with Gasteiger partial charge in [0.05, 0.1) is 5.69 Å². The van der Waals surface area contributed by atoms with Gasteiger partial charge in [0.1, 0.15) is 0 Å². The van der Waals surface area contributed by atoms with Gasteiger partial charge in [0.2, 0.25) is 0 Å². The fourth-order valence-electron chi connectivity index (χ4n) is 1.28. The van der Waals surface area contributed by atoms with Crippen molar-refractivity contribution >= 4 is 11.8 Å². The van der Waals surface area contributed by atoms with Crippen LogP contribution < -0.4 is 5.06 Å². The van der Waals surface area contributed by atoms with Crippen LogP contribution in [0.2, 0.25) is 0 Å². The van der Waals surface area contributed by atoms with Crippen molar-refractivity contribution in [1.29, 1.82) is 0 Å². The molecule has 0 aliphatic carbocycles. The quantitative estimate of drug-likeness (QED) is 0.547. The predicted molar refractivity (Wildman–Crippen MR) is 52.2 cm³/mol. The number of anilines is 1. The first kappa shape index (κ1) is 8.65. The summed E-state index contributed by atoms with van der Waals surface area (Å²) >= 11 is 0. The molecule has 0 aromatic heterocycles. The Morgan fingerprint density at radius 2 is 1.71 bits per heavy atom. The lowest BCUT2D eigenvalue weighted by Gasteiger charge is -2.14. The van der Waals surface area contributed by atoms with E-state index >= 15 is 0 Å². The zero-order valence-electron chi connectivity index (χ0n) is 7.25. The predicted octanol–water partition coefficient (Wildman–Crippen LogP) is 1.83. The molecule has 1 heterocycles. The van der Waals surface area contributed by atoms with Gasteiger partial charge in [-0.05, 0) is 12.1 Å². The fourth-order valence-corrected chi connectivity index (χ4v) is 1.28. The summed E-state index contributed by atoms with van der Waals surface area (Å²) in [7, 11) is 0. The van der Waals surface area contributed by atoms with E-state index < -0.39 is 0 Å². The molecule has 1 aliphatic rings. The highest BCUT2D eigenvalue weighted by atomic mass is 16.5. The molecule has 72 valence electrons. The third kappa shape index (κ3) is 1.31. The van der Waals surface area contributed by atoms with E-state index in [9.17, 15) is 15.4 Å². The Hall–Kier alpha value is -1.94. The summed E-state index contributed by atoms with van der Waals surface area (Å²) in [5, 5.41) is 28.9. The normalized spacial score (nSPS) is 13.9. The van der Waals surface area contributed by atoms with Crippen molar-refractivity contribution in [2.75, 3.05) is 5.06 Å². The number of benzene rings is 1. The highest BCUT2D eigenvalue weighted by molar-refractivity contribution is 5.73. The summed E-state index contributed by atoms with van der Waals surface area (Å²) in [6, 6.07) is 2.68. The fraction of sp³-hybridized carbons (Fsp3) is 0. The van der Waals surface area contributed by atoms with Crippen LogP contribution in [0.3, 0.4) is 0 Å². The maximum absolute atomic E-state index is 9.47. The summed E-state index contributed by atoms with van der Waals surface area (Å²) < 4.78 is 0. The maximum Gasteiger partial charge on any atom is 0.159 e. The number of allylic oxidation sites excluding steroid dienone is 2. The second-order valence-corrected chi connectivity index (χ2v) is 2.94. The van der Waals surface area contributed by atoms with Gasteiger partial charge in [0.25, 0.3) is 0 Å². The molecule has 1 aliphatic heterocycles. The van der Waals surface area contributed by atoms with Gasteiger partial charge in [0, 0.05) is 17.8 Å². The van der Waals surface area contributed by atoms with Gasteiger partial charge in [-0.25, -0.2) is 5.06 Å². The average Bonchev–Trinajstić information content (AvgIpc) is 2.31. The second-order valence-electron chi connectivity index (χ2n) is 2.94. The van der Waals surface area contributed by atoms with Crippen LogP contribution in [0.5, 0.6) is 11.5 Å². The van der Waals surface area contributed by atoms with E-state index in [0.717, 1.165) is 5.06 Å². The minimum atomic E-state index is -0.258. The second kappa shape index (κ2) is 3.08. The molecule has 0 amide bonds. The van der Waals surface area contributed by atoms with Crippen LogP contribution in [0.25, 0.3) is 6.08 Å². The molecule has 0 saturated carbocycles. The third-order valence-corrected chi connectivity index (χ3v) is 1.98. The van der Waals surface area contributed by atoms with Crippen molar-refractivity contribution in [2.24, 2.45) is 0 Å². The number of hydroxylamine groups is 1. The van der Waals surface area contributed by atoms with E-state index in [4.69, 9.17) is 0 Å². The number of aromatic hydroxyl groups is 2. The zero-order valence-corrected chi connectivity index (χ0v) is 7.25. The molecule has 0 bridgehead atoms. The molecular formula is C10H9NO3. The first-order chi connectivity index (χ1) is 6.68. The average molecular weight is 191 g/mol. The van der Waals surface area contributed by atoms with E-state index in [0.29, 0.717) is 11.3 Å². The highest BCUT2D eigenvalue weighted by Crippen LogP contribution is 2.34. The van der Waals surface area contributed by atoms with Gasteiger partial charge < -0.3 is 10.2 Å². The molecule has 3 N–H and O–H groups in total. The number of hydrogen-bond donors (Lipinski definition) is 3. The molecular weight excluding hydrogens is 182 g/mol. The maximum atomic E-state index is 9.47. The monoisotopic (exact) mass is 191 g/mol. The zero-order chi connectivity index (χ0) is 10.1. The van der Waals surface area contributed by atoms with Gasteiger partial charge in [-0.15, -0.1) is 0 Å². The van der Waals surface area contributed by atoms with Crippen LogP contribution in [-0.4, -0.2) is 15.4 Å². The molecule has 1 aromatic carbocycles. The van der Waals surface area contributed by atoms with E-state index in [-0.39, 0.29) is 11.5 Å². The smallest absolute Gasteiger partial charge is 0.159 e. The van der Waals surface area contributed by atoms with Crippen LogP contribution in [0.15, 0.2) is 30.5 Å². The van der Waals surface area contributed by atoms with Crippen LogP contribution >= 0.6 is 0 Å². The molecule has 2 rings (SSSR count). The number of phenolic OH excluding ortho intramolecular Hbond substituents is 2. The molecule has 1 aromatic rings. The minimum absolute atomic E-state index is 0.205. The van der Waals surface area contributed by atoms with Crippen LogP contribution in [0.1, 0.15) is 5.56 Å². The van der Waals surface area contributed by atoms with E-state index in [2.05, 4.69) is 0 Å². The standard InChI is InChI=1S/C10H9NO3/c12-9-5-7-3-1-2-4-11(14)8(7)6-10(9)13/h1-6,12-14H. The Labute approximate surface area is 80.6 Å². The van der Waals surface area contributed by atoms with Gasteiger partial charge in [0.15, 0.2) is 11.5 Å². The lowest BCUT2D eigenvalue weighted by atomic mass is 10.1. The molecule has 0 spiro atoms. The third-order valence-electron chi connectivity index (χ3n) is 1.98. The first-order valence-electron chi connectivity index (χ1n) is 4.07. The highest BCUT2D eigenvalue weighted by Gasteiger charge is 2.11. The summed E-state index contributed by atoms with van der Waals surface area (Å²) in [5.41, 5.74) is 1.05. The summed E-state index contributed by atoms with van der Waals surface area (Å²) in [5.74, 6) is -0.463. The van der Waals surface area contributed by atoms with Crippen LogP contribution in [-0.2, 0) is 0 Å². The molecule has 0 unspecified atom stereocenters. The van der Waals surface area contributed by atoms with Crippen molar-refractivity contribution in [3.05, 3.63) is 36.0 Å². The Bertz CT molecular complexity index is 424. The van der Waals surface area contributed by atoms with Crippen molar-refractivity contribution < 1.29 is 15.4 Å². The Kier molecular flexibility index (Phi) is 1.90. The SMILES string of the molecule is Oc1cc2c(cc1O)N(O)C=CC=C2. The Balaban J connectivity index is 2.62. The largest absolute Gasteiger partial charge is 0.504 e. The van der Waals surface area contributed by atoms with Gasteiger partial charge in [-0.3, -0.25) is 5.21 Å². The van der Waals surface area contributed by atoms with Crippen molar-refractivity contribution in [3.8, 4) is 11.5 Å². The van der Waals surface area contributed by atoms with Gasteiger partial charge in [-0.2, -0.15) is 0 Å². The molecule has 4 heteroatoms. The number of fused-ring (bicyclic) bond motifs is 1. The van der Waals surface area contributed by atoms with E-state index in [1.165, 1.54) is 18.3 Å². The first-order valence-corrected chi connectivity index (χ1v) is 4.07. The molecule has 0 atom stereocenters. The number of hydrogen-bond acceptors (Lipinski definition) is 4. The van der Waals surface area contributed by atoms with Gasteiger partial charge in [-0.1, -0.05) is 12.2 Å². The topological polar surface area (TPSA) is 63.9 Å². The summed E-state index contributed by atoms with van der Waals surface area (Å²) in [4.78, 5) is 0. The number of rotatable bonds is 0. The summed E-state index contributed by atoms with van der Waals surface area (Å²) in [6.45, 7) is 0. The Morgan fingerprint density at radius 3 is 2.50 bits per heavy atom. The number of nitrogens with zero attached hydrogens (tertiary/aromatic N) is 1. The van der Waals surface area contributed by atoms with Crippen molar-refractivity contribution in [1.82, 2.24) is 0 Å².